The number of ether oxygens (including phenoxy) is 3. The second-order valence-corrected chi connectivity index (χ2v) is 7.69. The van der Waals surface area contributed by atoms with Crippen LogP contribution in [-0.4, -0.2) is 30.0 Å². The third-order valence-corrected chi connectivity index (χ3v) is 5.38. The number of thiocarbonyl (C=S) groups is 1. The highest BCUT2D eigenvalue weighted by Gasteiger charge is 2.33. The molecule has 5 nitrogen and oxygen atoms in total. The lowest BCUT2D eigenvalue weighted by molar-refractivity contribution is -0.113. The van der Waals surface area contributed by atoms with Crippen LogP contribution in [0, 0.1) is 0 Å². The molecule has 2 aromatic rings. The predicted molar refractivity (Wildman–Crippen MR) is 122 cm³/mol. The summed E-state index contributed by atoms with van der Waals surface area (Å²) >= 11 is 6.74. The molecule has 0 unspecified atom stereocenters. The molecule has 0 saturated carbocycles. The lowest BCUT2D eigenvalue weighted by atomic mass is 10.1. The third-order valence-electron chi connectivity index (χ3n) is 4.08. The van der Waals surface area contributed by atoms with E-state index in [0.717, 1.165) is 22.7 Å². The van der Waals surface area contributed by atoms with Crippen LogP contribution in [0.4, 0.5) is 5.69 Å². The lowest BCUT2D eigenvalue weighted by Crippen LogP contribution is -2.27. The highest BCUT2D eigenvalue weighted by Crippen LogP contribution is 2.38. The number of rotatable bonds is 8. The Morgan fingerprint density at radius 2 is 1.55 bits per heavy atom. The fourth-order valence-corrected chi connectivity index (χ4v) is 4.15. The fourth-order valence-electron chi connectivity index (χ4n) is 2.86. The van der Waals surface area contributed by atoms with E-state index in [1.165, 1.54) is 16.7 Å². The quantitative estimate of drug-likeness (QED) is 0.420. The molecular weight excluding hydrogens is 406 g/mol. The zero-order chi connectivity index (χ0) is 20.8. The van der Waals surface area contributed by atoms with Crippen LogP contribution in [0.25, 0.3) is 6.08 Å². The summed E-state index contributed by atoms with van der Waals surface area (Å²) in [5.41, 5.74) is 1.53. The monoisotopic (exact) mass is 429 g/mol. The van der Waals surface area contributed by atoms with Gasteiger partial charge in [0.1, 0.15) is 17.2 Å². The van der Waals surface area contributed by atoms with Crippen LogP contribution in [0.5, 0.6) is 17.2 Å². The Balaban J connectivity index is 1.87. The summed E-state index contributed by atoms with van der Waals surface area (Å²) in [7, 11) is 0. The fraction of sp³-hybridized carbons (Fsp3) is 0.273. The molecular formula is C22H23NO4S2. The van der Waals surface area contributed by atoms with Crippen LogP contribution in [0.1, 0.15) is 26.3 Å². The lowest BCUT2D eigenvalue weighted by Gasteiger charge is -2.15. The Hall–Kier alpha value is -2.51. The van der Waals surface area contributed by atoms with Gasteiger partial charge in [-0.1, -0.05) is 24.0 Å². The molecule has 0 N–H and O–H groups in total. The highest BCUT2D eigenvalue weighted by molar-refractivity contribution is 8.27. The van der Waals surface area contributed by atoms with E-state index in [-0.39, 0.29) is 5.91 Å². The Labute approximate surface area is 180 Å². The minimum atomic E-state index is -0.152. The Morgan fingerprint density at radius 3 is 2.21 bits per heavy atom. The van der Waals surface area contributed by atoms with Crippen LogP contribution in [0.2, 0.25) is 0 Å². The first-order valence-corrected chi connectivity index (χ1v) is 10.7. The highest BCUT2D eigenvalue weighted by atomic mass is 32.2. The average Bonchev–Trinajstić information content (AvgIpc) is 2.98. The van der Waals surface area contributed by atoms with E-state index >= 15 is 0 Å². The molecule has 3 rings (SSSR count). The molecule has 0 radical (unpaired) electrons. The van der Waals surface area contributed by atoms with Gasteiger partial charge in [0.25, 0.3) is 5.91 Å². The molecule has 1 heterocycles. The van der Waals surface area contributed by atoms with Gasteiger partial charge in [-0.15, -0.1) is 0 Å². The first kappa shape index (κ1) is 21.2. The number of thioether (sulfide) groups is 1. The number of hydrogen-bond acceptors (Lipinski definition) is 6. The van der Waals surface area contributed by atoms with Gasteiger partial charge < -0.3 is 14.2 Å². The molecule has 29 heavy (non-hydrogen) atoms. The van der Waals surface area contributed by atoms with Gasteiger partial charge in [-0.25, -0.2) is 0 Å². The maximum absolute atomic E-state index is 13.0. The molecule has 1 aliphatic rings. The van der Waals surface area contributed by atoms with E-state index in [1.807, 2.05) is 69.3 Å². The van der Waals surface area contributed by atoms with Crippen LogP contribution in [0.3, 0.4) is 0 Å². The Bertz CT molecular complexity index is 925. The van der Waals surface area contributed by atoms with Crippen molar-refractivity contribution in [3.05, 3.63) is 52.9 Å². The van der Waals surface area contributed by atoms with Crippen LogP contribution in [-0.2, 0) is 4.79 Å². The standard InChI is InChI=1S/C22H23NO4S2/c1-4-25-17-11-8-16(9-12-17)23-21(24)20(29-22(23)28)13-15-7-10-18(26-5-2)14-19(15)27-6-3/h7-14H,4-6H2,1-3H3/b20-13+. The summed E-state index contributed by atoms with van der Waals surface area (Å²) in [6, 6.07) is 12.9. The number of carbonyl (C=O) groups excluding carboxylic acids is 1. The maximum Gasteiger partial charge on any atom is 0.270 e. The SMILES string of the molecule is CCOc1ccc(N2C(=O)/C(=C\c3ccc(OCC)cc3OCC)SC2=S)cc1. The number of hydrogen-bond donors (Lipinski definition) is 0. The minimum Gasteiger partial charge on any atom is -0.494 e. The molecule has 0 atom stereocenters. The van der Waals surface area contributed by atoms with E-state index < -0.39 is 0 Å². The molecule has 0 aromatic heterocycles. The second-order valence-electron chi connectivity index (χ2n) is 6.01. The van der Waals surface area contributed by atoms with Gasteiger partial charge in [0.05, 0.1) is 30.4 Å². The molecule has 0 aliphatic carbocycles. The largest absolute Gasteiger partial charge is 0.494 e. The number of nitrogens with zero attached hydrogens (tertiary/aromatic N) is 1. The van der Waals surface area contributed by atoms with E-state index in [1.54, 1.807) is 0 Å². The first-order chi connectivity index (χ1) is 14.1. The molecule has 1 aliphatic heterocycles. The number of benzene rings is 2. The van der Waals surface area contributed by atoms with E-state index in [4.69, 9.17) is 26.4 Å². The van der Waals surface area contributed by atoms with Crippen molar-refractivity contribution >= 4 is 46.0 Å². The summed E-state index contributed by atoms with van der Waals surface area (Å²) in [5, 5.41) is 0. The summed E-state index contributed by atoms with van der Waals surface area (Å²) in [6.07, 6.45) is 1.81. The maximum atomic E-state index is 13.0. The smallest absolute Gasteiger partial charge is 0.270 e. The van der Waals surface area contributed by atoms with Crippen LogP contribution >= 0.6 is 24.0 Å². The number of amides is 1. The summed E-state index contributed by atoms with van der Waals surface area (Å²) in [5.74, 6) is 2.01. The normalized spacial score (nSPS) is 15.1. The van der Waals surface area contributed by atoms with Crippen molar-refractivity contribution in [2.75, 3.05) is 24.7 Å². The van der Waals surface area contributed by atoms with Crippen molar-refractivity contribution in [3.63, 3.8) is 0 Å². The van der Waals surface area contributed by atoms with Gasteiger partial charge in [0, 0.05) is 11.6 Å². The van der Waals surface area contributed by atoms with Crippen molar-refractivity contribution in [1.29, 1.82) is 0 Å². The Morgan fingerprint density at radius 1 is 0.931 bits per heavy atom. The van der Waals surface area contributed by atoms with Crippen LogP contribution < -0.4 is 19.1 Å². The average molecular weight is 430 g/mol. The topological polar surface area (TPSA) is 48.0 Å². The Kier molecular flexibility index (Phi) is 7.17. The van der Waals surface area contributed by atoms with Gasteiger partial charge in [0.15, 0.2) is 4.32 Å². The van der Waals surface area contributed by atoms with Crippen molar-refractivity contribution in [2.24, 2.45) is 0 Å². The zero-order valence-electron chi connectivity index (χ0n) is 16.6. The molecule has 1 amide bonds. The second kappa shape index (κ2) is 9.80. The molecule has 0 spiro atoms. The minimum absolute atomic E-state index is 0.152. The summed E-state index contributed by atoms with van der Waals surface area (Å²) in [4.78, 5) is 15.1. The van der Waals surface area contributed by atoms with Crippen LogP contribution in [0.15, 0.2) is 47.4 Å². The van der Waals surface area contributed by atoms with E-state index in [9.17, 15) is 4.79 Å². The van der Waals surface area contributed by atoms with Gasteiger partial charge in [-0.2, -0.15) is 0 Å². The van der Waals surface area contributed by atoms with E-state index in [2.05, 4.69) is 0 Å². The molecule has 152 valence electrons. The van der Waals surface area contributed by atoms with Crippen molar-refractivity contribution in [1.82, 2.24) is 0 Å². The molecule has 1 saturated heterocycles. The summed E-state index contributed by atoms with van der Waals surface area (Å²) in [6.45, 7) is 7.46. The predicted octanol–water partition coefficient (Wildman–Crippen LogP) is 5.29. The van der Waals surface area contributed by atoms with Gasteiger partial charge in [-0.05, 0) is 63.2 Å². The van der Waals surface area contributed by atoms with Crippen molar-refractivity contribution in [2.45, 2.75) is 20.8 Å². The van der Waals surface area contributed by atoms with Crippen molar-refractivity contribution < 1.29 is 19.0 Å². The number of anilines is 1. The van der Waals surface area contributed by atoms with Gasteiger partial charge >= 0.3 is 0 Å². The number of carbonyl (C=O) groups is 1. The third kappa shape index (κ3) is 4.92. The zero-order valence-corrected chi connectivity index (χ0v) is 18.3. The molecule has 7 heteroatoms. The first-order valence-electron chi connectivity index (χ1n) is 9.47. The van der Waals surface area contributed by atoms with E-state index in [0.29, 0.717) is 34.8 Å². The molecule has 0 bridgehead atoms. The van der Waals surface area contributed by atoms with Gasteiger partial charge in [-0.3, -0.25) is 9.69 Å². The molecule has 2 aromatic carbocycles. The van der Waals surface area contributed by atoms with Gasteiger partial charge in [0.2, 0.25) is 0 Å². The van der Waals surface area contributed by atoms with Crippen molar-refractivity contribution in [3.8, 4) is 17.2 Å². The summed E-state index contributed by atoms with van der Waals surface area (Å²) < 4.78 is 17.2. The molecule has 1 fully saturated rings.